The summed E-state index contributed by atoms with van der Waals surface area (Å²) in [5.74, 6) is 0.0623. The maximum Gasteiger partial charge on any atom is 0.338 e. The van der Waals surface area contributed by atoms with Crippen LogP contribution in [0, 0.1) is 0 Å². The maximum absolute atomic E-state index is 13.5. The number of nitrogens with zero attached hydrogens (tertiary/aromatic N) is 4. The molecule has 0 bridgehead atoms. The predicted molar refractivity (Wildman–Crippen MR) is 380 cm³/mol. The highest BCUT2D eigenvalue weighted by molar-refractivity contribution is 5.97. The minimum absolute atomic E-state index is 0.0528. The number of benzene rings is 6. The number of hydrogen-bond donors (Lipinski definition) is 2. The third-order valence-corrected chi connectivity index (χ3v) is 16.3. The number of anilines is 2. The second kappa shape index (κ2) is 43.0. The summed E-state index contributed by atoms with van der Waals surface area (Å²) in [6, 6.07) is 42.2. The molecule has 0 saturated carbocycles. The van der Waals surface area contributed by atoms with Crippen molar-refractivity contribution in [2.75, 3.05) is 45.1 Å². The molecule has 6 aromatic carbocycles. The van der Waals surface area contributed by atoms with Gasteiger partial charge in [-0.2, -0.15) is 0 Å². The maximum atomic E-state index is 13.5. The highest BCUT2D eigenvalue weighted by Crippen LogP contribution is 2.27. The molecule has 17 heteroatoms. The lowest BCUT2D eigenvalue weighted by Crippen LogP contribution is -2.27. The van der Waals surface area contributed by atoms with Gasteiger partial charge in [-0.25, -0.2) is 19.6 Å². The molecule has 0 spiro atoms. The van der Waals surface area contributed by atoms with Crippen molar-refractivity contribution in [1.29, 1.82) is 0 Å². The lowest BCUT2D eigenvalue weighted by atomic mass is 10.1. The first kappa shape index (κ1) is 74.9. The molecule has 95 heavy (non-hydrogen) atoms. The largest absolute Gasteiger partial charge is 0.495 e. The molecule has 8 aromatic rings. The first-order chi connectivity index (χ1) is 46.4. The Kier molecular flexibility index (Phi) is 33.9. The van der Waals surface area contributed by atoms with Crippen molar-refractivity contribution in [2.24, 2.45) is 0 Å². The van der Waals surface area contributed by atoms with E-state index >= 15 is 0 Å². The fraction of sp³-hybridized carbons (Fsp3) is 0.436. The fourth-order valence-corrected chi connectivity index (χ4v) is 11.1. The van der Waals surface area contributed by atoms with Gasteiger partial charge in [0, 0.05) is 0 Å². The minimum Gasteiger partial charge on any atom is -0.495 e. The molecule has 1 amide bonds. The van der Waals surface area contributed by atoms with E-state index in [0.717, 1.165) is 32.1 Å². The molecule has 2 heterocycles. The summed E-state index contributed by atoms with van der Waals surface area (Å²) in [6.07, 6.45) is 30.2. The van der Waals surface area contributed by atoms with Crippen LogP contribution in [0.2, 0.25) is 0 Å². The zero-order chi connectivity index (χ0) is 67.8. The number of carbonyl (C=O) groups excluding carboxylic acids is 4. The molecular formula is C78H100N6O11. The summed E-state index contributed by atoms with van der Waals surface area (Å²) in [5.41, 5.74) is 9.32. The van der Waals surface area contributed by atoms with Gasteiger partial charge in [-0.05, 0) is 105 Å². The monoisotopic (exact) mass is 1300 g/mol. The average molecular weight is 1300 g/mol. The van der Waals surface area contributed by atoms with Gasteiger partial charge < -0.3 is 34.7 Å². The number of nitrogen functional groups attached to an aromatic ring is 1. The van der Waals surface area contributed by atoms with Crippen LogP contribution >= 0.6 is 0 Å². The molecule has 8 rings (SSSR count). The second-order valence-corrected chi connectivity index (χ2v) is 23.7. The van der Waals surface area contributed by atoms with Gasteiger partial charge in [0.05, 0.1) is 96.1 Å². The van der Waals surface area contributed by atoms with Gasteiger partial charge in [-0.1, -0.05) is 216 Å². The number of carbonyl (C=O) groups is 4. The third kappa shape index (κ3) is 25.3. The van der Waals surface area contributed by atoms with Crippen LogP contribution in [0.5, 0.6) is 11.5 Å². The standard InChI is InChI=1S/C38H47N3O5.C22H37NO3.C18H16N2O3/c1-3-4-5-6-7-8-9-10-11-12-13-19-26-46-38(44)29-24-25-34(45-2)33(27-29)40-36(42)28-35-39-32-23-18-17-22-31(32)37(43)41(35)30-20-15-14-16-21-30;1-3-4-5-6-7-8-9-10-11-12-13-14-17-26-22(24)19-15-16-21(25-2)20(23)18-19;1-2-23-17(21)12-16-19-15-11-7-6-10-14(15)18(22)20(16)13-8-4-3-5-9-13/h14-18,20-25,27H,3-13,19,26,28H2,1-2H3,(H,40,42);15-16,18H,3-14,17,23H2,1-2H3;3-11H,2,12H2,1H3. The van der Waals surface area contributed by atoms with Crippen LogP contribution < -0.4 is 31.6 Å². The summed E-state index contributed by atoms with van der Waals surface area (Å²) in [5, 5.41) is 3.82. The summed E-state index contributed by atoms with van der Waals surface area (Å²) in [7, 11) is 3.05. The number of fused-ring (bicyclic) bond motifs is 2. The Morgan fingerprint density at radius 1 is 0.432 bits per heavy atom. The van der Waals surface area contributed by atoms with E-state index in [1.165, 1.54) is 138 Å². The predicted octanol–water partition coefficient (Wildman–Crippen LogP) is 17.1. The molecule has 0 fully saturated rings. The number of nitrogens with two attached hydrogens (primary N) is 1. The molecule has 0 aliphatic carbocycles. The number of hydrogen-bond acceptors (Lipinski definition) is 14. The molecular weight excluding hydrogens is 1200 g/mol. The van der Waals surface area contributed by atoms with Gasteiger partial charge in [0.15, 0.2) is 0 Å². The summed E-state index contributed by atoms with van der Waals surface area (Å²) in [6.45, 7) is 7.38. The van der Waals surface area contributed by atoms with Gasteiger partial charge in [0.1, 0.15) is 29.6 Å². The average Bonchev–Trinajstić information content (AvgIpc) is 0.789. The molecule has 17 nitrogen and oxygen atoms in total. The van der Waals surface area contributed by atoms with Crippen LogP contribution in [0.3, 0.4) is 0 Å². The third-order valence-electron chi connectivity index (χ3n) is 16.3. The Bertz CT molecular complexity index is 3740. The van der Waals surface area contributed by atoms with Crippen molar-refractivity contribution in [3.63, 3.8) is 0 Å². The number of ether oxygens (including phenoxy) is 5. The molecule has 0 aliphatic rings. The molecule has 0 atom stereocenters. The Morgan fingerprint density at radius 2 is 0.811 bits per heavy atom. The summed E-state index contributed by atoms with van der Waals surface area (Å²) < 4.78 is 29.3. The van der Waals surface area contributed by atoms with Crippen LogP contribution in [0.25, 0.3) is 33.2 Å². The second-order valence-electron chi connectivity index (χ2n) is 23.7. The smallest absolute Gasteiger partial charge is 0.338 e. The van der Waals surface area contributed by atoms with Crippen LogP contribution in [0.4, 0.5) is 11.4 Å². The number of amides is 1. The van der Waals surface area contributed by atoms with Gasteiger partial charge >= 0.3 is 17.9 Å². The van der Waals surface area contributed by atoms with Crippen LogP contribution in [-0.2, 0) is 36.6 Å². The topological polar surface area (TPSA) is 222 Å². The summed E-state index contributed by atoms with van der Waals surface area (Å²) in [4.78, 5) is 85.5. The van der Waals surface area contributed by atoms with Crippen molar-refractivity contribution in [1.82, 2.24) is 19.1 Å². The first-order valence-electron chi connectivity index (χ1n) is 34.4. The van der Waals surface area contributed by atoms with Gasteiger partial charge in [-0.15, -0.1) is 0 Å². The number of nitrogens with one attached hydrogen (secondary N) is 1. The Morgan fingerprint density at radius 3 is 1.22 bits per heavy atom. The van der Waals surface area contributed by atoms with E-state index in [9.17, 15) is 28.8 Å². The molecule has 0 aliphatic heterocycles. The van der Waals surface area contributed by atoms with Crippen molar-refractivity contribution in [3.8, 4) is 22.9 Å². The lowest BCUT2D eigenvalue weighted by molar-refractivity contribution is -0.142. The molecule has 2 aromatic heterocycles. The highest BCUT2D eigenvalue weighted by Gasteiger charge is 2.20. The zero-order valence-corrected chi connectivity index (χ0v) is 56.7. The van der Waals surface area contributed by atoms with E-state index in [4.69, 9.17) is 29.4 Å². The summed E-state index contributed by atoms with van der Waals surface area (Å²) >= 11 is 0. The molecule has 0 radical (unpaired) electrons. The van der Waals surface area contributed by atoms with E-state index < -0.39 is 17.8 Å². The number of rotatable bonds is 38. The minimum atomic E-state index is -0.449. The van der Waals surface area contributed by atoms with Crippen molar-refractivity contribution in [3.05, 3.63) is 189 Å². The van der Waals surface area contributed by atoms with Crippen LogP contribution in [-0.4, -0.2) is 77.0 Å². The molecule has 0 saturated heterocycles. The number of aromatic nitrogens is 4. The molecule has 3 N–H and O–H groups in total. The van der Waals surface area contributed by atoms with Gasteiger partial charge in [-0.3, -0.25) is 28.3 Å². The van der Waals surface area contributed by atoms with E-state index in [0.29, 0.717) is 98.7 Å². The van der Waals surface area contributed by atoms with Crippen molar-refractivity contribution < 1.29 is 42.9 Å². The van der Waals surface area contributed by atoms with Gasteiger partial charge in [0.2, 0.25) is 5.91 Å². The van der Waals surface area contributed by atoms with Crippen molar-refractivity contribution >= 4 is 57.0 Å². The number of esters is 3. The molecule has 0 unspecified atom stereocenters. The van der Waals surface area contributed by atoms with Gasteiger partial charge in [0.25, 0.3) is 11.1 Å². The number of methoxy groups -OCH3 is 2. The zero-order valence-electron chi connectivity index (χ0n) is 56.7. The molecule has 508 valence electrons. The van der Waals surface area contributed by atoms with Crippen LogP contribution in [0.1, 0.15) is 207 Å². The van der Waals surface area contributed by atoms with E-state index in [1.54, 1.807) is 105 Å². The number of para-hydroxylation sites is 4. The quantitative estimate of drug-likeness (QED) is 0.0159. The Hall–Kier alpha value is -9.12. The first-order valence-corrected chi connectivity index (χ1v) is 34.4. The SMILES string of the molecule is CCCCCCCCCCCCCCOC(=O)c1ccc(OC)c(N)c1.CCCCCCCCCCCCCCOC(=O)c1ccc(OC)c(NC(=O)Cc2nc3ccccc3c(=O)n2-c2ccccc2)c1.CCOC(=O)Cc1nc2ccccc2c(=O)n1-c1ccccc1. The Balaban J connectivity index is 0.000000246. The Labute approximate surface area is 561 Å². The van der Waals surface area contributed by atoms with E-state index in [-0.39, 0.29) is 29.9 Å². The van der Waals surface area contributed by atoms with Crippen LogP contribution in [0.15, 0.2) is 155 Å². The fourth-order valence-electron chi connectivity index (χ4n) is 11.1. The number of unbranched alkanes of at least 4 members (excludes halogenated alkanes) is 22. The normalized spacial score (nSPS) is 10.8. The van der Waals surface area contributed by atoms with E-state index in [1.807, 2.05) is 54.6 Å². The van der Waals surface area contributed by atoms with Crippen molar-refractivity contribution in [2.45, 2.75) is 188 Å². The lowest BCUT2D eigenvalue weighted by Gasteiger charge is -2.15. The van der Waals surface area contributed by atoms with E-state index in [2.05, 4.69) is 29.1 Å². The highest BCUT2D eigenvalue weighted by atomic mass is 16.5.